The van der Waals surface area contributed by atoms with Gasteiger partial charge in [-0.3, -0.25) is 9.36 Å². The standard InChI is InChI=1S/C23H18F3N3O5S/c1-11-8-14(34-12(2)21(31)32)5-6-15(11)20-16-9-13(4-7-17(16)35-27-20)29-19(30)10-18(23(24,25)26)28(3)22(29)33/h4-10,12H,1-3H3,(H,31,32). The van der Waals surface area contributed by atoms with E-state index in [1.807, 2.05) is 0 Å². The van der Waals surface area contributed by atoms with Crippen LogP contribution in [0.1, 0.15) is 18.2 Å². The molecule has 1 atom stereocenters. The molecule has 0 spiro atoms. The molecule has 0 radical (unpaired) electrons. The van der Waals surface area contributed by atoms with Crippen molar-refractivity contribution < 1.29 is 27.8 Å². The lowest BCUT2D eigenvalue weighted by atomic mass is 10.0. The van der Waals surface area contributed by atoms with Gasteiger partial charge in [-0.25, -0.2) is 14.2 Å². The molecule has 35 heavy (non-hydrogen) atoms. The van der Waals surface area contributed by atoms with Gasteiger partial charge >= 0.3 is 17.8 Å². The van der Waals surface area contributed by atoms with E-state index in [-0.39, 0.29) is 5.69 Å². The topological polar surface area (TPSA) is 103 Å². The molecule has 0 bridgehead atoms. The van der Waals surface area contributed by atoms with Gasteiger partial charge in [0.2, 0.25) is 0 Å². The third kappa shape index (κ3) is 4.44. The van der Waals surface area contributed by atoms with E-state index in [4.69, 9.17) is 9.84 Å². The maximum atomic E-state index is 13.2. The maximum absolute atomic E-state index is 13.2. The summed E-state index contributed by atoms with van der Waals surface area (Å²) in [4.78, 5) is 36.2. The van der Waals surface area contributed by atoms with Gasteiger partial charge in [0.25, 0.3) is 5.56 Å². The Morgan fingerprint density at radius 3 is 2.49 bits per heavy atom. The summed E-state index contributed by atoms with van der Waals surface area (Å²) < 4.78 is 51.2. The summed E-state index contributed by atoms with van der Waals surface area (Å²) in [6.07, 6.45) is -5.89. The molecule has 0 aliphatic carbocycles. The van der Waals surface area contributed by atoms with Crippen molar-refractivity contribution in [3.8, 4) is 22.7 Å². The first-order valence-corrected chi connectivity index (χ1v) is 11.0. The fourth-order valence-electron chi connectivity index (χ4n) is 3.62. The third-order valence-corrected chi connectivity index (χ3v) is 6.26. The number of carboxylic acids is 1. The van der Waals surface area contributed by atoms with Crippen LogP contribution < -0.4 is 16.0 Å². The number of rotatable bonds is 5. The molecule has 182 valence electrons. The summed E-state index contributed by atoms with van der Waals surface area (Å²) in [5, 5.41) is 9.62. The molecule has 2 aromatic carbocycles. The van der Waals surface area contributed by atoms with E-state index in [2.05, 4.69) is 4.37 Å². The van der Waals surface area contributed by atoms with Crippen molar-refractivity contribution in [1.29, 1.82) is 0 Å². The van der Waals surface area contributed by atoms with Gasteiger partial charge in [-0.2, -0.15) is 17.5 Å². The zero-order valence-electron chi connectivity index (χ0n) is 18.6. The van der Waals surface area contributed by atoms with Crippen LogP contribution in [0.4, 0.5) is 13.2 Å². The first-order chi connectivity index (χ1) is 16.4. The van der Waals surface area contributed by atoms with Gasteiger partial charge in [0.05, 0.1) is 16.1 Å². The second kappa shape index (κ2) is 8.69. The van der Waals surface area contributed by atoms with Crippen molar-refractivity contribution in [1.82, 2.24) is 13.5 Å². The van der Waals surface area contributed by atoms with Crippen molar-refractivity contribution in [3.05, 3.63) is 74.6 Å². The van der Waals surface area contributed by atoms with E-state index in [0.717, 1.165) is 17.3 Å². The van der Waals surface area contributed by atoms with Crippen LogP contribution in [-0.4, -0.2) is 30.7 Å². The number of hydrogen-bond donors (Lipinski definition) is 1. The second-order valence-electron chi connectivity index (χ2n) is 7.83. The van der Waals surface area contributed by atoms with Crippen LogP contribution in [0.2, 0.25) is 0 Å². The molecule has 0 saturated heterocycles. The first-order valence-electron chi connectivity index (χ1n) is 10.2. The predicted molar refractivity (Wildman–Crippen MR) is 123 cm³/mol. The Kier molecular flexibility index (Phi) is 6.01. The van der Waals surface area contributed by atoms with E-state index < -0.39 is 35.2 Å². The van der Waals surface area contributed by atoms with Gasteiger partial charge in [0, 0.05) is 24.1 Å². The number of fused-ring (bicyclic) bond motifs is 1. The van der Waals surface area contributed by atoms with Gasteiger partial charge in [-0.15, -0.1) is 0 Å². The van der Waals surface area contributed by atoms with E-state index >= 15 is 0 Å². The summed E-state index contributed by atoms with van der Waals surface area (Å²) in [6.45, 7) is 3.20. The number of aliphatic carboxylic acids is 1. The summed E-state index contributed by atoms with van der Waals surface area (Å²) in [6, 6.07) is 10.0. The summed E-state index contributed by atoms with van der Waals surface area (Å²) >= 11 is 1.18. The Morgan fingerprint density at radius 2 is 1.86 bits per heavy atom. The molecule has 4 aromatic rings. The number of carboxylic acid groups (broad SMARTS) is 1. The number of halogens is 3. The first kappa shape index (κ1) is 24.2. The molecular formula is C23H18F3N3O5S. The van der Waals surface area contributed by atoms with Crippen molar-refractivity contribution in [2.75, 3.05) is 0 Å². The molecule has 0 saturated carbocycles. The van der Waals surface area contributed by atoms with E-state index in [9.17, 15) is 27.6 Å². The van der Waals surface area contributed by atoms with Crippen LogP contribution >= 0.6 is 11.5 Å². The number of aryl methyl sites for hydroxylation is 1. The molecule has 2 heterocycles. The zero-order valence-corrected chi connectivity index (χ0v) is 19.4. The number of nitrogens with zero attached hydrogens (tertiary/aromatic N) is 3. The minimum atomic E-state index is -4.85. The lowest BCUT2D eigenvalue weighted by Crippen LogP contribution is -2.40. The minimum Gasteiger partial charge on any atom is -0.479 e. The molecule has 1 N–H and O–H groups in total. The Morgan fingerprint density at radius 1 is 1.14 bits per heavy atom. The van der Waals surface area contributed by atoms with Gasteiger partial charge in [0.15, 0.2) is 6.10 Å². The fourth-order valence-corrected chi connectivity index (χ4v) is 4.39. The predicted octanol–water partition coefficient (Wildman–Crippen LogP) is 3.99. The summed E-state index contributed by atoms with van der Waals surface area (Å²) in [5.41, 5.74) is -1.48. The zero-order chi connectivity index (χ0) is 25.7. The Hall–Kier alpha value is -3.93. The minimum absolute atomic E-state index is 0.103. The van der Waals surface area contributed by atoms with Crippen LogP contribution in [0, 0.1) is 6.92 Å². The molecule has 0 fully saturated rings. The van der Waals surface area contributed by atoms with Gasteiger partial charge < -0.3 is 9.84 Å². The summed E-state index contributed by atoms with van der Waals surface area (Å²) in [7, 11) is 0.954. The van der Waals surface area contributed by atoms with Crippen molar-refractivity contribution >= 4 is 27.6 Å². The molecule has 2 aromatic heterocycles. The Bertz CT molecular complexity index is 1590. The Labute approximate surface area is 199 Å². The smallest absolute Gasteiger partial charge is 0.431 e. The van der Waals surface area contributed by atoms with Crippen LogP contribution in [0.15, 0.2) is 52.1 Å². The number of hydrogen-bond acceptors (Lipinski definition) is 6. The number of benzene rings is 2. The molecule has 12 heteroatoms. The molecule has 4 rings (SSSR count). The number of aromatic nitrogens is 3. The lowest BCUT2D eigenvalue weighted by Gasteiger charge is -2.14. The number of alkyl halides is 3. The SMILES string of the molecule is Cc1cc(OC(C)C(=O)O)ccc1-c1nsc2ccc(-n3c(=O)cc(C(F)(F)F)n(C)c3=O)cc12. The van der Waals surface area contributed by atoms with Gasteiger partial charge in [-0.05, 0) is 67.3 Å². The van der Waals surface area contributed by atoms with E-state index in [0.29, 0.717) is 37.6 Å². The molecular weight excluding hydrogens is 487 g/mol. The maximum Gasteiger partial charge on any atom is 0.431 e. The second-order valence-corrected chi connectivity index (χ2v) is 8.63. The van der Waals surface area contributed by atoms with Crippen LogP contribution in [0.25, 0.3) is 27.0 Å². The number of ether oxygens (including phenoxy) is 1. The molecule has 0 amide bonds. The highest BCUT2D eigenvalue weighted by Crippen LogP contribution is 2.35. The van der Waals surface area contributed by atoms with Crippen molar-refractivity contribution in [2.24, 2.45) is 7.05 Å². The normalized spacial score (nSPS) is 12.6. The average Bonchev–Trinajstić information content (AvgIpc) is 3.18. The summed E-state index contributed by atoms with van der Waals surface area (Å²) in [5.74, 6) is -0.740. The molecule has 0 aliphatic heterocycles. The number of carbonyl (C=O) groups is 1. The Balaban J connectivity index is 1.82. The van der Waals surface area contributed by atoms with E-state index in [1.54, 1.807) is 31.2 Å². The van der Waals surface area contributed by atoms with Crippen LogP contribution in [0.5, 0.6) is 5.75 Å². The highest BCUT2D eigenvalue weighted by atomic mass is 32.1. The molecule has 8 nitrogen and oxygen atoms in total. The van der Waals surface area contributed by atoms with Crippen LogP contribution in [0.3, 0.4) is 0 Å². The average molecular weight is 505 g/mol. The highest BCUT2D eigenvalue weighted by molar-refractivity contribution is 7.13. The molecule has 0 aliphatic rings. The van der Waals surface area contributed by atoms with Crippen molar-refractivity contribution in [3.63, 3.8) is 0 Å². The lowest BCUT2D eigenvalue weighted by molar-refractivity contribution is -0.144. The van der Waals surface area contributed by atoms with Crippen LogP contribution in [-0.2, 0) is 18.0 Å². The third-order valence-electron chi connectivity index (χ3n) is 5.44. The largest absolute Gasteiger partial charge is 0.479 e. The monoisotopic (exact) mass is 505 g/mol. The van der Waals surface area contributed by atoms with Crippen molar-refractivity contribution in [2.45, 2.75) is 26.1 Å². The van der Waals surface area contributed by atoms with Gasteiger partial charge in [-0.1, -0.05) is 0 Å². The van der Waals surface area contributed by atoms with Gasteiger partial charge in [0.1, 0.15) is 11.4 Å². The highest BCUT2D eigenvalue weighted by Gasteiger charge is 2.35. The van der Waals surface area contributed by atoms with E-state index in [1.165, 1.54) is 30.6 Å². The fraction of sp³-hybridized carbons (Fsp3) is 0.217. The quantitative estimate of drug-likeness (QED) is 0.440. The molecule has 1 unspecified atom stereocenters.